The van der Waals surface area contributed by atoms with E-state index >= 15 is 0 Å². The maximum absolute atomic E-state index is 11.3. The highest BCUT2D eigenvalue weighted by Crippen LogP contribution is 2.21. The largest absolute Gasteiger partial charge is 0.469 e. The number of benzene rings is 1. The number of amides is 2. The van der Waals surface area contributed by atoms with Gasteiger partial charge in [0, 0.05) is 17.5 Å². The molecule has 3 N–H and O–H groups in total. The average Bonchev–Trinajstić information content (AvgIpc) is 2.35. The van der Waals surface area contributed by atoms with Crippen molar-refractivity contribution in [2.75, 3.05) is 13.7 Å². The number of ether oxygens (including phenoxy) is 1. The van der Waals surface area contributed by atoms with Crippen LogP contribution in [0.2, 0.25) is 5.02 Å². The zero-order chi connectivity index (χ0) is 13.5. The second kappa shape index (κ2) is 6.86. The van der Waals surface area contributed by atoms with E-state index < -0.39 is 6.03 Å². The van der Waals surface area contributed by atoms with Crippen LogP contribution >= 0.6 is 11.6 Å². The quantitative estimate of drug-likeness (QED) is 0.798. The summed E-state index contributed by atoms with van der Waals surface area (Å²) in [4.78, 5) is 22.0. The van der Waals surface area contributed by atoms with Gasteiger partial charge >= 0.3 is 12.0 Å². The number of halogens is 1. The summed E-state index contributed by atoms with van der Waals surface area (Å²) in [6.45, 7) is 0.270. The van der Waals surface area contributed by atoms with Gasteiger partial charge in [-0.15, -0.1) is 0 Å². The van der Waals surface area contributed by atoms with Gasteiger partial charge in [0.2, 0.25) is 0 Å². The lowest BCUT2D eigenvalue weighted by atomic mass is 9.96. The van der Waals surface area contributed by atoms with Crippen molar-refractivity contribution in [3.8, 4) is 0 Å². The molecule has 1 rings (SSSR count). The number of esters is 1. The van der Waals surface area contributed by atoms with Crippen LogP contribution in [0.3, 0.4) is 0 Å². The van der Waals surface area contributed by atoms with Crippen molar-refractivity contribution in [2.24, 2.45) is 5.73 Å². The summed E-state index contributed by atoms with van der Waals surface area (Å²) < 4.78 is 4.62. The van der Waals surface area contributed by atoms with Gasteiger partial charge in [-0.05, 0) is 17.7 Å². The molecule has 0 spiro atoms. The third kappa shape index (κ3) is 4.63. The predicted octanol–water partition coefficient (Wildman–Crippen LogP) is 1.65. The van der Waals surface area contributed by atoms with Crippen molar-refractivity contribution in [1.29, 1.82) is 0 Å². The van der Waals surface area contributed by atoms with Crippen molar-refractivity contribution in [1.82, 2.24) is 5.32 Å². The zero-order valence-corrected chi connectivity index (χ0v) is 10.7. The monoisotopic (exact) mass is 270 g/mol. The van der Waals surface area contributed by atoms with Crippen molar-refractivity contribution in [2.45, 2.75) is 12.3 Å². The molecule has 6 heteroatoms. The Morgan fingerprint density at radius 2 is 2.00 bits per heavy atom. The van der Waals surface area contributed by atoms with Gasteiger partial charge in [0.25, 0.3) is 0 Å². The maximum atomic E-state index is 11.3. The van der Waals surface area contributed by atoms with Crippen LogP contribution in [0.4, 0.5) is 4.79 Å². The lowest BCUT2D eigenvalue weighted by molar-refractivity contribution is -0.141. The zero-order valence-electron chi connectivity index (χ0n) is 9.98. The van der Waals surface area contributed by atoms with E-state index in [4.69, 9.17) is 17.3 Å². The van der Waals surface area contributed by atoms with Crippen LogP contribution in [-0.2, 0) is 9.53 Å². The van der Waals surface area contributed by atoms with Gasteiger partial charge < -0.3 is 15.8 Å². The number of nitrogens with one attached hydrogen (secondary N) is 1. The van der Waals surface area contributed by atoms with Crippen LogP contribution < -0.4 is 11.1 Å². The van der Waals surface area contributed by atoms with Crippen LogP contribution in [0.1, 0.15) is 17.9 Å². The smallest absolute Gasteiger partial charge is 0.312 e. The number of carbonyl (C=O) groups is 2. The Kier molecular flexibility index (Phi) is 5.45. The molecule has 0 saturated heterocycles. The van der Waals surface area contributed by atoms with Crippen molar-refractivity contribution < 1.29 is 14.3 Å². The fourth-order valence-electron chi connectivity index (χ4n) is 1.55. The van der Waals surface area contributed by atoms with Gasteiger partial charge in [0.15, 0.2) is 0 Å². The van der Waals surface area contributed by atoms with Crippen LogP contribution in [0, 0.1) is 0 Å². The van der Waals surface area contributed by atoms with Crippen LogP contribution in [-0.4, -0.2) is 25.7 Å². The molecule has 0 aromatic heterocycles. The fourth-order valence-corrected chi connectivity index (χ4v) is 1.68. The molecule has 0 fully saturated rings. The molecule has 5 nitrogen and oxygen atoms in total. The average molecular weight is 271 g/mol. The summed E-state index contributed by atoms with van der Waals surface area (Å²) in [5.41, 5.74) is 5.91. The second-order valence-corrected chi connectivity index (χ2v) is 4.21. The predicted molar refractivity (Wildman–Crippen MR) is 68.4 cm³/mol. The lowest BCUT2D eigenvalue weighted by Crippen LogP contribution is -2.33. The number of rotatable bonds is 5. The molecule has 1 aromatic rings. The molecule has 18 heavy (non-hydrogen) atoms. The molecule has 0 aliphatic rings. The molecular formula is C12H15ClN2O3. The molecule has 1 atom stereocenters. The fraction of sp³-hybridized carbons (Fsp3) is 0.333. The summed E-state index contributed by atoms with van der Waals surface area (Å²) in [6.07, 6.45) is 0.165. The van der Waals surface area contributed by atoms with E-state index in [0.29, 0.717) is 5.02 Å². The van der Waals surface area contributed by atoms with Gasteiger partial charge in [0.05, 0.1) is 13.5 Å². The van der Waals surface area contributed by atoms with Gasteiger partial charge in [-0.1, -0.05) is 23.7 Å². The molecular weight excluding hydrogens is 256 g/mol. The number of hydrogen-bond donors (Lipinski definition) is 2. The minimum absolute atomic E-state index is 0.165. The van der Waals surface area contributed by atoms with E-state index in [2.05, 4.69) is 10.1 Å². The van der Waals surface area contributed by atoms with E-state index in [1.54, 1.807) is 24.3 Å². The minimum Gasteiger partial charge on any atom is -0.469 e. The Balaban J connectivity index is 2.78. The van der Waals surface area contributed by atoms with E-state index in [9.17, 15) is 9.59 Å². The highest BCUT2D eigenvalue weighted by molar-refractivity contribution is 6.30. The van der Waals surface area contributed by atoms with E-state index in [1.165, 1.54) is 7.11 Å². The van der Waals surface area contributed by atoms with Crippen LogP contribution in [0.5, 0.6) is 0 Å². The number of nitrogens with two attached hydrogens (primary N) is 1. The molecule has 1 aromatic carbocycles. The third-order valence-corrected chi connectivity index (χ3v) is 2.76. The number of methoxy groups -OCH3 is 1. The normalized spacial score (nSPS) is 11.7. The summed E-state index contributed by atoms with van der Waals surface area (Å²) in [7, 11) is 1.32. The number of urea groups is 1. The summed E-state index contributed by atoms with van der Waals surface area (Å²) >= 11 is 5.80. The molecule has 0 saturated carbocycles. The molecule has 0 heterocycles. The topological polar surface area (TPSA) is 81.4 Å². The van der Waals surface area contributed by atoms with Crippen LogP contribution in [0.15, 0.2) is 24.3 Å². The Morgan fingerprint density at radius 3 is 2.50 bits per heavy atom. The van der Waals surface area contributed by atoms with Crippen molar-refractivity contribution >= 4 is 23.6 Å². The molecule has 0 bridgehead atoms. The Labute approximate surface area is 110 Å². The van der Waals surface area contributed by atoms with Gasteiger partial charge in [-0.2, -0.15) is 0 Å². The van der Waals surface area contributed by atoms with Crippen molar-refractivity contribution in [3.05, 3.63) is 34.9 Å². The standard InChI is InChI=1S/C12H15ClN2O3/c1-18-11(16)6-9(7-15-12(14)17)8-2-4-10(13)5-3-8/h2-5,9H,6-7H2,1H3,(H3,14,15,17). The number of primary amides is 1. The van der Waals surface area contributed by atoms with Crippen molar-refractivity contribution in [3.63, 3.8) is 0 Å². The first kappa shape index (κ1) is 14.3. The lowest BCUT2D eigenvalue weighted by Gasteiger charge is -2.16. The van der Waals surface area contributed by atoms with E-state index in [1.807, 2.05) is 0 Å². The second-order valence-electron chi connectivity index (χ2n) is 3.77. The highest BCUT2D eigenvalue weighted by atomic mass is 35.5. The highest BCUT2D eigenvalue weighted by Gasteiger charge is 2.17. The Bertz CT molecular complexity index is 420. The molecule has 0 aliphatic heterocycles. The van der Waals surface area contributed by atoms with E-state index in [-0.39, 0.29) is 24.9 Å². The Hall–Kier alpha value is -1.75. The SMILES string of the molecule is COC(=O)CC(CNC(N)=O)c1ccc(Cl)cc1. The van der Waals surface area contributed by atoms with Gasteiger partial charge in [-0.3, -0.25) is 4.79 Å². The number of hydrogen-bond acceptors (Lipinski definition) is 3. The molecule has 0 aliphatic carbocycles. The van der Waals surface area contributed by atoms with E-state index in [0.717, 1.165) is 5.56 Å². The molecule has 2 amide bonds. The molecule has 1 unspecified atom stereocenters. The third-order valence-electron chi connectivity index (χ3n) is 2.50. The summed E-state index contributed by atoms with van der Waals surface area (Å²) in [5.74, 6) is -0.538. The van der Waals surface area contributed by atoms with Crippen LogP contribution in [0.25, 0.3) is 0 Å². The molecule has 98 valence electrons. The van der Waals surface area contributed by atoms with Gasteiger partial charge in [-0.25, -0.2) is 4.79 Å². The Morgan fingerprint density at radius 1 is 1.39 bits per heavy atom. The summed E-state index contributed by atoms with van der Waals surface area (Å²) in [6, 6.07) is 6.44. The first-order valence-electron chi connectivity index (χ1n) is 5.38. The maximum Gasteiger partial charge on any atom is 0.312 e. The molecule has 0 radical (unpaired) electrons. The minimum atomic E-state index is -0.626. The number of carbonyl (C=O) groups excluding carboxylic acids is 2. The summed E-state index contributed by atoms with van der Waals surface area (Å²) in [5, 5.41) is 3.10. The first-order chi connectivity index (χ1) is 8.52. The van der Waals surface area contributed by atoms with Gasteiger partial charge in [0.1, 0.15) is 0 Å². The first-order valence-corrected chi connectivity index (χ1v) is 5.76.